The maximum atomic E-state index is 14.5. The van der Waals surface area contributed by atoms with Crippen molar-refractivity contribution < 1.29 is 4.39 Å². The molecule has 2 aromatic carbocycles. The van der Waals surface area contributed by atoms with Crippen LogP contribution in [-0.4, -0.2) is 6.54 Å². The summed E-state index contributed by atoms with van der Waals surface area (Å²) in [6, 6.07) is 9.98. The average Bonchev–Trinajstić information content (AvgIpc) is 2.35. The Kier molecular flexibility index (Phi) is 4.79. The van der Waals surface area contributed by atoms with Crippen LogP contribution in [0.15, 0.2) is 30.3 Å². The molecule has 0 saturated carbocycles. The third-order valence-corrected chi connectivity index (χ3v) is 3.75. The first-order chi connectivity index (χ1) is 9.92. The zero-order valence-corrected chi connectivity index (χ0v) is 13.5. The highest BCUT2D eigenvalue weighted by Gasteiger charge is 2.20. The minimum absolute atomic E-state index is 0.103. The molecule has 0 radical (unpaired) electrons. The van der Waals surface area contributed by atoms with Gasteiger partial charge in [-0.15, -0.1) is 0 Å². The van der Waals surface area contributed by atoms with E-state index >= 15 is 0 Å². The second-order valence-corrected chi connectivity index (χ2v) is 5.89. The van der Waals surface area contributed by atoms with E-state index in [1.807, 2.05) is 19.9 Å². The second kappa shape index (κ2) is 6.40. The highest BCUT2D eigenvalue weighted by atomic mass is 19.1. The molecule has 0 aliphatic carbocycles. The molecular weight excluding hydrogens is 261 g/mol. The Morgan fingerprint density at radius 2 is 1.48 bits per heavy atom. The molecule has 0 bridgehead atoms. The largest absolute Gasteiger partial charge is 0.306 e. The normalized spacial score (nSPS) is 12.5. The fourth-order valence-electron chi connectivity index (χ4n) is 3.06. The van der Waals surface area contributed by atoms with E-state index < -0.39 is 0 Å². The summed E-state index contributed by atoms with van der Waals surface area (Å²) >= 11 is 0. The van der Waals surface area contributed by atoms with Crippen LogP contribution in [0.25, 0.3) is 0 Å². The van der Waals surface area contributed by atoms with E-state index in [2.05, 4.69) is 44.3 Å². The summed E-state index contributed by atoms with van der Waals surface area (Å²) in [5.74, 6) is -0.127. The topological polar surface area (TPSA) is 12.0 Å². The monoisotopic (exact) mass is 285 g/mol. The molecule has 1 N–H and O–H groups in total. The molecule has 112 valence electrons. The minimum atomic E-state index is -0.127. The van der Waals surface area contributed by atoms with Gasteiger partial charge < -0.3 is 5.32 Å². The Morgan fingerprint density at radius 3 is 2.00 bits per heavy atom. The number of aryl methyl sites for hydroxylation is 4. The third kappa shape index (κ3) is 3.51. The highest BCUT2D eigenvalue weighted by molar-refractivity contribution is 5.42. The number of rotatable bonds is 4. The van der Waals surface area contributed by atoms with Crippen molar-refractivity contribution in [2.45, 2.75) is 40.7 Å². The zero-order chi connectivity index (χ0) is 15.6. The molecule has 0 saturated heterocycles. The molecule has 2 heteroatoms. The van der Waals surface area contributed by atoms with Crippen molar-refractivity contribution in [2.24, 2.45) is 0 Å². The van der Waals surface area contributed by atoms with Gasteiger partial charge in [0.2, 0.25) is 0 Å². The van der Waals surface area contributed by atoms with E-state index in [0.717, 1.165) is 28.8 Å². The molecule has 0 aromatic heterocycles. The van der Waals surface area contributed by atoms with E-state index in [4.69, 9.17) is 0 Å². The Bertz CT molecular complexity index is 603. The summed E-state index contributed by atoms with van der Waals surface area (Å²) in [5.41, 5.74) is 6.26. The maximum absolute atomic E-state index is 14.5. The van der Waals surface area contributed by atoms with Gasteiger partial charge in [-0.3, -0.25) is 0 Å². The molecule has 1 atom stereocenters. The van der Waals surface area contributed by atoms with E-state index in [1.165, 1.54) is 11.1 Å². The molecule has 0 fully saturated rings. The smallest absolute Gasteiger partial charge is 0.128 e. The molecule has 0 aliphatic heterocycles. The first-order valence-electron chi connectivity index (χ1n) is 7.50. The lowest BCUT2D eigenvalue weighted by atomic mass is 9.91. The zero-order valence-electron chi connectivity index (χ0n) is 13.5. The van der Waals surface area contributed by atoms with Crippen LogP contribution in [0.5, 0.6) is 0 Å². The molecule has 1 unspecified atom stereocenters. The summed E-state index contributed by atoms with van der Waals surface area (Å²) in [6.07, 6.45) is 0. The number of hydrogen-bond donors (Lipinski definition) is 1. The van der Waals surface area contributed by atoms with Crippen molar-refractivity contribution in [1.82, 2.24) is 5.32 Å². The van der Waals surface area contributed by atoms with Crippen LogP contribution in [-0.2, 0) is 0 Å². The quantitative estimate of drug-likeness (QED) is 0.854. The van der Waals surface area contributed by atoms with E-state index in [-0.39, 0.29) is 11.9 Å². The van der Waals surface area contributed by atoms with Gasteiger partial charge in [0.1, 0.15) is 5.82 Å². The molecule has 0 spiro atoms. The van der Waals surface area contributed by atoms with Crippen molar-refractivity contribution in [3.8, 4) is 0 Å². The van der Waals surface area contributed by atoms with Crippen LogP contribution in [0.2, 0.25) is 0 Å². The van der Waals surface area contributed by atoms with Crippen molar-refractivity contribution >= 4 is 0 Å². The van der Waals surface area contributed by atoms with Gasteiger partial charge in [-0.05, 0) is 57.0 Å². The van der Waals surface area contributed by atoms with Gasteiger partial charge in [0, 0.05) is 5.56 Å². The van der Waals surface area contributed by atoms with Crippen molar-refractivity contribution in [2.75, 3.05) is 6.54 Å². The van der Waals surface area contributed by atoms with Gasteiger partial charge >= 0.3 is 0 Å². The van der Waals surface area contributed by atoms with Crippen molar-refractivity contribution in [1.29, 1.82) is 0 Å². The second-order valence-electron chi connectivity index (χ2n) is 5.89. The summed E-state index contributed by atoms with van der Waals surface area (Å²) in [5, 5.41) is 3.43. The predicted molar refractivity (Wildman–Crippen MR) is 87.3 cm³/mol. The Hall–Kier alpha value is -1.67. The van der Waals surface area contributed by atoms with Crippen LogP contribution in [0.1, 0.15) is 46.3 Å². The third-order valence-electron chi connectivity index (χ3n) is 3.75. The highest BCUT2D eigenvalue weighted by Crippen LogP contribution is 2.29. The lowest BCUT2D eigenvalue weighted by Gasteiger charge is -2.23. The number of hydrogen-bond acceptors (Lipinski definition) is 1. The summed E-state index contributed by atoms with van der Waals surface area (Å²) in [7, 11) is 0. The number of nitrogens with one attached hydrogen (secondary N) is 1. The standard InChI is InChI=1S/C19H24FN/c1-6-21-19(16-9-12(2)7-13(3)10-16)18-15(5)8-14(4)11-17(18)20/h7-11,19,21H,6H2,1-5H3. The molecule has 2 rings (SSSR count). The lowest BCUT2D eigenvalue weighted by molar-refractivity contribution is 0.555. The van der Waals surface area contributed by atoms with Gasteiger partial charge in [-0.25, -0.2) is 4.39 Å². The van der Waals surface area contributed by atoms with Crippen LogP contribution in [0.3, 0.4) is 0 Å². The maximum Gasteiger partial charge on any atom is 0.128 e. The van der Waals surface area contributed by atoms with Crippen molar-refractivity contribution in [3.05, 3.63) is 69.5 Å². The summed E-state index contributed by atoms with van der Waals surface area (Å²) < 4.78 is 14.5. The molecule has 0 heterocycles. The van der Waals surface area contributed by atoms with E-state index in [0.29, 0.717) is 0 Å². The lowest BCUT2D eigenvalue weighted by Crippen LogP contribution is -2.24. The van der Waals surface area contributed by atoms with Crippen LogP contribution in [0.4, 0.5) is 4.39 Å². The molecule has 0 amide bonds. The fourth-order valence-corrected chi connectivity index (χ4v) is 3.06. The summed E-state index contributed by atoms with van der Waals surface area (Å²) in [6.45, 7) is 10.9. The SMILES string of the molecule is CCNC(c1cc(C)cc(C)c1)c1c(C)cc(C)cc1F. The average molecular weight is 285 g/mol. The van der Waals surface area contributed by atoms with Gasteiger partial charge in [0.25, 0.3) is 0 Å². The Morgan fingerprint density at radius 1 is 0.905 bits per heavy atom. The van der Waals surface area contributed by atoms with Crippen LogP contribution in [0, 0.1) is 33.5 Å². The predicted octanol–water partition coefficient (Wildman–Crippen LogP) is 4.76. The Balaban J connectivity index is 2.58. The molecule has 0 aliphatic rings. The van der Waals surface area contributed by atoms with E-state index in [9.17, 15) is 4.39 Å². The molecule has 2 aromatic rings. The van der Waals surface area contributed by atoms with E-state index in [1.54, 1.807) is 6.07 Å². The first-order valence-corrected chi connectivity index (χ1v) is 7.50. The Labute approximate surface area is 127 Å². The van der Waals surface area contributed by atoms with Gasteiger partial charge in [-0.2, -0.15) is 0 Å². The summed E-state index contributed by atoms with van der Waals surface area (Å²) in [4.78, 5) is 0. The van der Waals surface area contributed by atoms with Crippen LogP contribution >= 0.6 is 0 Å². The molecule has 21 heavy (non-hydrogen) atoms. The van der Waals surface area contributed by atoms with Gasteiger partial charge in [0.15, 0.2) is 0 Å². The van der Waals surface area contributed by atoms with Gasteiger partial charge in [-0.1, -0.05) is 42.3 Å². The number of halogens is 1. The van der Waals surface area contributed by atoms with Gasteiger partial charge in [0.05, 0.1) is 6.04 Å². The minimum Gasteiger partial charge on any atom is -0.306 e. The van der Waals surface area contributed by atoms with Crippen molar-refractivity contribution in [3.63, 3.8) is 0 Å². The first kappa shape index (κ1) is 15.7. The number of benzene rings is 2. The molecular formula is C19H24FN. The fraction of sp³-hybridized carbons (Fsp3) is 0.368. The van der Waals surface area contributed by atoms with Crippen LogP contribution < -0.4 is 5.32 Å². The molecule has 1 nitrogen and oxygen atoms in total.